The Labute approximate surface area is 125 Å². The Morgan fingerprint density at radius 3 is 2.60 bits per heavy atom. The molecule has 0 amide bonds. The number of nitrogens with zero attached hydrogens (tertiary/aromatic N) is 2. The Balaban J connectivity index is 2.24. The monoisotopic (exact) mass is 337 g/mol. The number of nitrogens with one attached hydrogen (secondary N) is 1. The molecular weight excluding hydrogens is 322 g/mol. The molecule has 0 saturated heterocycles. The summed E-state index contributed by atoms with van der Waals surface area (Å²) < 4.78 is 0. The van der Waals surface area contributed by atoms with Crippen molar-refractivity contribution in [1.82, 2.24) is 10.2 Å². The fourth-order valence-corrected chi connectivity index (χ4v) is 2.61. The zero-order valence-corrected chi connectivity index (χ0v) is 12.8. The number of benzene rings is 1. The van der Waals surface area contributed by atoms with Crippen molar-refractivity contribution < 1.29 is 4.92 Å². The van der Waals surface area contributed by atoms with Crippen LogP contribution in [-0.2, 0) is 18.2 Å². The van der Waals surface area contributed by atoms with Crippen molar-refractivity contribution in [1.29, 1.82) is 0 Å². The average Bonchev–Trinajstić information content (AvgIpc) is 2.82. The Hall–Kier alpha value is -1.69. The van der Waals surface area contributed by atoms with Gasteiger partial charge in [-0.2, -0.15) is 5.10 Å². The number of alkyl halides is 1. The van der Waals surface area contributed by atoms with Crippen molar-refractivity contribution in [2.24, 2.45) is 0 Å². The van der Waals surface area contributed by atoms with Gasteiger partial charge in [0.1, 0.15) is 0 Å². The van der Waals surface area contributed by atoms with Crippen LogP contribution in [0.4, 0.5) is 5.69 Å². The Bertz CT molecular complexity index is 593. The van der Waals surface area contributed by atoms with Gasteiger partial charge in [0.2, 0.25) is 0 Å². The highest BCUT2D eigenvalue weighted by atomic mass is 79.9. The highest BCUT2D eigenvalue weighted by Gasteiger charge is 2.13. The van der Waals surface area contributed by atoms with Gasteiger partial charge in [-0.05, 0) is 12.0 Å². The zero-order valence-electron chi connectivity index (χ0n) is 11.2. The first-order valence-corrected chi connectivity index (χ1v) is 7.62. The third kappa shape index (κ3) is 3.25. The van der Waals surface area contributed by atoms with Gasteiger partial charge < -0.3 is 0 Å². The molecule has 2 rings (SSSR count). The molecule has 0 atom stereocenters. The molecule has 0 saturated carbocycles. The number of non-ortho nitro benzene ring substituents is 1. The van der Waals surface area contributed by atoms with Gasteiger partial charge in [0.15, 0.2) is 0 Å². The minimum Gasteiger partial charge on any atom is -0.281 e. The SMILES string of the molecule is CCCc1n[nH]c(CBr)c1Cc1ccc([N+](=O)[O-])cc1. The number of H-pyrrole nitrogens is 1. The van der Waals surface area contributed by atoms with Gasteiger partial charge in [-0.1, -0.05) is 41.4 Å². The lowest BCUT2D eigenvalue weighted by atomic mass is 10.0. The molecule has 1 aromatic heterocycles. The molecule has 0 aliphatic heterocycles. The fraction of sp³-hybridized carbons (Fsp3) is 0.357. The van der Waals surface area contributed by atoms with E-state index in [4.69, 9.17) is 0 Å². The van der Waals surface area contributed by atoms with Crippen molar-refractivity contribution in [2.45, 2.75) is 31.5 Å². The largest absolute Gasteiger partial charge is 0.281 e. The molecule has 0 radical (unpaired) electrons. The number of nitro groups is 1. The van der Waals surface area contributed by atoms with E-state index < -0.39 is 0 Å². The molecule has 6 heteroatoms. The Morgan fingerprint density at radius 1 is 1.35 bits per heavy atom. The molecule has 5 nitrogen and oxygen atoms in total. The van der Waals surface area contributed by atoms with Crippen LogP contribution in [0.2, 0.25) is 0 Å². The number of hydrogen-bond donors (Lipinski definition) is 1. The molecule has 106 valence electrons. The lowest BCUT2D eigenvalue weighted by Gasteiger charge is -2.04. The molecule has 0 aliphatic carbocycles. The van der Waals surface area contributed by atoms with Crippen LogP contribution < -0.4 is 0 Å². The van der Waals surface area contributed by atoms with E-state index in [0.717, 1.165) is 41.5 Å². The maximum absolute atomic E-state index is 10.7. The summed E-state index contributed by atoms with van der Waals surface area (Å²) in [4.78, 5) is 10.3. The summed E-state index contributed by atoms with van der Waals surface area (Å²) in [6.07, 6.45) is 2.72. The van der Waals surface area contributed by atoms with Crippen LogP contribution in [0, 0.1) is 10.1 Å². The van der Waals surface area contributed by atoms with Gasteiger partial charge in [0.25, 0.3) is 5.69 Å². The van der Waals surface area contributed by atoms with Crippen LogP contribution in [0.25, 0.3) is 0 Å². The molecule has 0 fully saturated rings. The van der Waals surface area contributed by atoms with E-state index in [9.17, 15) is 10.1 Å². The zero-order chi connectivity index (χ0) is 14.5. The molecule has 0 spiro atoms. The number of hydrogen-bond acceptors (Lipinski definition) is 3. The molecule has 20 heavy (non-hydrogen) atoms. The summed E-state index contributed by atoms with van der Waals surface area (Å²) in [7, 11) is 0. The van der Waals surface area contributed by atoms with Crippen LogP contribution in [0.15, 0.2) is 24.3 Å². The van der Waals surface area contributed by atoms with E-state index in [1.165, 1.54) is 5.56 Å². The Morgan fingerprint density at radius 2 is 2.05 bits per heavy atom. The van der Waals surface area contributed by atoms with Crippen LogP contribution in [-0.4, -0.2) is 15.1 Å². The predicted octanol–water partition coefficient (Wildman–Crippen LogP) is 3.76. The van der Waals surface area contributed by atoms with Gasteiger partial charge >= 0.3 is 0 Å². The summed E-state index contributed by atoms with van der Waals surface area (Å²) in [6.45, 7) is 2.12. The molecule has 0 bridgehead atoms. The fourth-order valence-electron chi connectivity index (χ4n) is 2.15. The first-order valence-electron chi connectivity index (χ1n) is 6.50. The minimum atomic E-state index is -0.381. The van der Waals surface area contributed by atoms with Crippen molar-refractivity contribution >= 4 is 21.6 Å². The maximum Gasteiger partial charge on any atom is 0.269 e. The average molecular weight is 338 g/mol. The number of aromatic nitrogens is 2. The van der Waals surface area contributed by atoms with Crippen molar-refractivity contribution in [2.75, 3.05) is 0 Å². The lowest BCUT2D eigenvalue weighted by molar-refractivity contribution is -0.384. The van der Waals surface area contributed by atoms with Crippen molar-refractivity contribution in [3.63, 3.8) is 0 Å². The molecule has 0 aliphatic rings. The maximum atomic E-state index is 10.7. The number of rotatable bonds is 6. The second-order valence-electron chi connectivity index (χ2n) is 4.61. The van der Waals surface area contributed by atoms with Crippen LogP contribution >= 0.6 is 15.9 Å². The van der Waals surface area contributed by atoms with E-state index >= 15 is 0 Å². The molecule has 1 N–H and O–H groups in total. The van der Waals surface area contributed by atoms with Crippen molar-refractivity contribution in [3.8, 4) is 0 Å². The van der Waals surface area contributed by atoms with Crippen molar-refractivity contribution in [3.05, 3.63) is 56.9 Å². The predicted molar refractivity (Wildman–Crippen MR) is 81.1 cm³/mol. The topological polar surface area (TPSA) is 71.8 Å². The van der Waals surface area contributed by atoms with E-state index in [1.54, 1.807) is 24.3 Å². The first kappa shape index (κ1) is 14.7. The third-order valence-corrected chi connectivity index (χ3v) is 3.75. The number of aromatic amines is 1. The lowest BCUT2D eigenvalue weighted by Crippen LogP contribution is -1.97. The molecule has 0 unspecified atom stereocenters. The highest BCUT2D eigenvalue weighted by Crippen LogP contribution is 2.21. The third-order valence-electron chi connectivity index (χ3n) is 3.19. The first-order chi connectivity index (χ1) is 9.65. The van der Waals surface area contributed by atoms with E-state index in [0.29, 0.717) is 0 Å². The summed E-state index contributed by atoms with van der Waals surface area (Å²) in [5, 5.41) is 18.8. The summed E-state index contributed by atoms with van der Waals surface area (Å²) >= 11 is 3.46. The molecule has 1 heterocycles. The van der Waals surface area contributed by atoms with E-state index in [-0.39, 0.29) is 10.6 Å². The Kier molecular flexibility index (Phi) is 4.89. The van der Waals surface area contributed by atoms with Gasteiger partial charge in [-0.25, -0.2) is 0 Å². The molecule has 1 aromatic carbocycles. The van der Waals surface area contributed by atoms with Gasteiger partial charge in [0, 0.05) is 35.1 Å². The smallest absolute Gasteiger partial charge is 0.269 e. The number of halogens is 1. The van der Waals surface area contributed by atoms with Crippen LogP contribution in [0.1, 0.15) is 35.9 Å². The summed E-state index contributed by atoms with van der Waals surface area (Å²) in [6, 6.07) is 6.70. The quantitative estimate of drug-likeness (QED) is 0.495. The molecule has 2 aromatic rings. The normalized spacial score (nSPS) is 10.7. The van der Waals surface area contributed by atoms with Crippen LogP contribution in [0.5, 0.6) is 0 Å². The van der Waals surface area contributed by atoms with Gasteiger partial charge in [-0.3, -0.25) is 15.2 Å². The summed E-state index contributed by atoms with van der Waals surface area (Å²) in [5.74, 6) is 0. The van der Waals surface area contributed by atoms with Crippen LogP contribution in [0.3, 0.4) is 0 Å². The molecular formula is C14H16BrN3O2. The van der Waals surface area contributed by atoms with E-state index in [1.807, 2.05) is 0 Å². The second-order valence-corrected chi connectivity index (χ2v) is 5.17. The number of nitro benzene ring substituents is 1. The standard InChI is InChI=1S/C14H16BrN3O2/c1-2-3-13-12(14(9-15)17-16-13)8-10-4-6-11(7-5-10)18(19)20/h4-7H,2-3,8-9H2,1H3,(H,16,17). The minimum absolute atomic E-state index is 0.121. The van der Waals surface area contributed by atoms with E-state index in [2.05, 4.69) is 33.1 Å². The van der Waals surface area contributed by atoms with Gasteiger partial charge in [-0.15, -0.1) is 0 Å². The second kappa shape index (κ2) is 6.65. The van der Waals surface area contributed by atoms with Gasteiger partial charge in [0.05, 0.1) is 10.6 Å². The summed E-state index contributed by atoms with van der Waals surface area (Å²) in [5.41, 5.74) is 4.52. The highest BCUT2D eigenvalue weighted by molar-refractivity contribution is 9.08. The number of aryl methyl sites for hydroxylation is 1.